The highest BCUT2D eigenvalue weighted by molar-refractivity contribution is 5.79. The van der Waals surface area contributed by atoms with Crippen molar-refractivity contribution >= 4 is 23.6 Å². The molecule has 0 spiro atoms. The summed E-state index contributed by atoms with van der Waals surface area (Å²) in [6.07, 6.45) is -0.603. The zero-order chi connectivity index (χ0) is 38.0. The third-order valence-electron chi connectivity index (χ3n) is 7.38. The van der Waals surface area contributed by atoms with Crippen molar-refractivity contribution < 1.29 is 48.1 Å². The average Bonchev–Trinajstić information content (AvgIpc) is 3.05. The lowest BCUT2D eigenvalue weighted by molar-refractivity contribution is -0.386. The maximum atomic E-state index is 12.9. The number of nitro benzene ring substituents is 1. The maximum absolute atomic E-state index is 12.9. The number of nitrogens with one attached hydrogen (secondary N) is 2. The molecule has 3 N–H and O–H groups in total. The van der Waals surface area contributed by atoms with Crippen molar-refractivity contribution in [1.82, 2.24) is 15.5 Å². The Kier molecular flexibility index (Phi) is 18.2. The van der Waals surface area contributed by atoms with E-state index in [1.807, 2.05) is 31.2 Å². The van der Waals surface area contributed by atoms with Crippen molar-refractivity contribution in [2.75, 3.05) is 60.3 Å². The predicted molar refractivity (Wildman–Crippen MR) is 190 cm³/mol. The molecule has 0 radical (unpaired) electrons. The van der Waals surface area contributed by atoms with Gasteiger partial charge >= 0.3 is 6.09 Å². The van der Waals surface area contributed by atoms with Crippen molar-refractivity contribution in [1.29, 1.82) is 0 Å². The Bertz CT molecular complexity index is 1410. The van der Waals surface area contributed by atoms with E-state index < -0.39 is 28.8 Å². The molecule has 3 amide bonds. The lowest BCUT2D eigenvalue weighted by Gasteiger charge is -2.24. The van der Waals surface area contributed by atoms with Crippen molar-refractivity contribution in [2.24, 2.45) is 0 Å². The summed E-state index contributed by atoms with van der Waals surface area (Å²) in [6.45, 7) is 10.8. The monoisotopic (exact) mass is 718 g/mol. The Hall–Kier alpha value is -4.47. The van der Waals surface area contributed by atoms with Gasteiger partial charge in [0.2, 0.25) is 11.8 Å². The smallest absolute Gasteiger partial charge is 0.410 e. The highest BCUT2D eigenvalue weighted by Crippen LogP contribution is 2.37. The Morgan fingerprint density at radius 2 is 1.65 bits per heavy atom. The van der Waals surface area contributed by atoms with Crippen LogP contribution < -0.4 is 20.1 Å². The molecule has 2 rings (SSSR count). The molecule has 284 valence electrons. The number of hydrogen-bond acceptors (Lipinski definition) is 11. The van der Waals surface area contributed by atoms with Crippen LogP contribution in [0.3, 0.4) is 0 Å². The van der Waals surface area contributed by atoms with Gasteiger partial charge < -0.3 is 44.3 Å². The zero-order valence-electron chi connectivity index (χ0n) is 30.8. The summed E-state index contributed by atoms with van der Waals surface area (Å²) < 4.78 is 27.3. The van der Waals surface area contributed by atoms with Gasteiger partial charge in [0.15, 0.2) is 11.5 Å². The second-order valence-corrected chi connectivity index (χ2v) is 13.1. The van der Waals surface area contributed by atoms with Gasteiger partial charge in [-0.05, 0) is 59.1 Å². The summed E-state index contributed by atoms with van der Waals surface area (Å²) in [5.74, 6) is -0.159. The molecule has 0 aromatic heterocycles. The molecule has 2 aromatic rings. The van der Waals surface area contributed by atoms with Crippen LogP contribution in [-0.4, -0.2) is 105 Å². The number of methoxy groups -OCH3 is 1. The number of nitrogens with zero attached hydrogens (tertiary/aromatic N) is 2. The molecule has 0 heterocycles. The molecule has 0 aliphatic heterocycles. The SMILES string of the molecule is COc1cc(C(C)O)c([N+](=O)[O-])cc1OCCCC(=O)N[C@H](CC(=O)NCCOCCOCCN(C)C(=O)OC(C)(C)C)Cc1ccc(C)cc1. The predicted octanol–water partition coefficient (Wildman–Crippen LogP) is 4.26. The number of amides is 3. The first kappa shape index (κ1) is 42.7. The summed E-state index contributed by atoms with van der Waals surface area (Å²) in [5, 5.41) is 27.2. The number of carbonyl (C=O) groups excluding carboxylic acids is 3. The van der Waals surface area contributed by atoms with E-state index in [0.29, 0.717) is 39.2 Å². The summed E-state index contributed by atoms with van der Waals surface area (Å²) >= 11 is 0. The molecule has 1 unspecified atom stereocenters. The number of likely N-dealkylation sites (N-methyl/N-ethyl adjacent to an activating group) is 1. The van der Waals surface area contributed by atoms with Gasteiger partial charge in [-0.1, -0.05) is 29.8 Å². The van der Waals surface area contributed by atoms with E-state index in [9.17, 15) is 29.6 Å². The fourth-order valence-electron chi connectivity index (χ4n) is 4.74. The topological polar surface area (TPSA) is 188 Å². The third-order valence-corrected chi connectivity index (χ3v) is 7.38. The van der Waals surface area contributed by atoms with Gasteiger partial charge in [-0.25, -0.2) is 4.79 Å². The van der Waals surface area contributed by atoms with Crippen LogP contribution in [0.5, 0.6) is 11.5 Å². The molecule has 0 saturated carbocycles. The maximum Gasteiger partial charge on any atom is 0.410 e. The Morgan fingerprint density at radius 3 is 2.25 bits per heavy atom. The largest absolute Gasteiger partial charge is 0.493 e. The van der Waals surface area contributed by atoms with Crippen LogP contribution in [0.1, 0.15) is 69.8 Å². The molecule has 15 heteroatoms. The van der Waals surface area contributed by atoms with E-state index in [-0.39, 0.29) is 67.2 Å². The number of rotatable bonds is 22. The molecule has 0 saturated heterocycles. The van der Waals surface area contributed by atoms with Crippen LogP contribution in [0.25, 0.3) is 0 Å². The Morgan fingerprint density at radius 1 is 0.980 bits per heavy atom. The Balaban J connectivity index is 1.79. The number of nitro groups is 1. The molecule has 51 heavy (non-hydrogen) atoms. The van der Waals surface area contributed by atoms with Gasteiger partial charge in [-0.15, -0.1) is 0 Å². The normalized spacial score (nSPS) is 12.4. The van der Waals surface area contributed by atoms with Crippen LogP contribution in [0, 0.1) is 17.0 Å². The molecular formula is C36H54N4O11. The first-order valence-electron chi connectivity index (χ1n) is 17.0. The summed E-state index contributed by atoms with van der Waals surface area (Å²) in [6, 6.07) is 9.96. The van der Waals surface area contributed by atoms with Crippen molar-refractivity contribution in [3.8, 4) is 11.5 Å². The second-order valence-electron chi connectivity index (χ2n) is 13.1. The quantitative estimate of drug-likeness (QED) is 0.0897. The van der Waals surface area contributed by atoms with Crippen LogP contribution in [-0.2, 0) is 30.2 Å². The number of ether oxygens (including phenoxy) is 5. The molecule has 0 aliphatic carbocycles. The van der Waals surface area contributed by atoms with Crippen LogP contribution in [0.15, 0.2) is 36.4 Å². The first-order valence-corrected chi connectivity index (χ1v) is 17.0. The van der Waals surface area contributed by atoms with E-state index in [2.05, 4.69) is 10.6 Å². The second kappa shape index (κ2) is 21.7. The molecular weight excluding hydrogens is 664 g/mol. The summed E-state index contributed by atoms with van der Waals surface area (Å²) in [4.78, 5) is 50.0. The number of aryl methyl sites for hydroxylation is 1. The number of carbonyl (C=O) groups is 3. The molecule has 0 aliphatic rings. The van der Waals surface area contributed by atoms with Gasteiger partial charge in [-0.3, -0.25) is 19.7 Å². The fraction of sp³-hybridized carbons (Fsp3) is 0.583. The van der Waals surface area contributed by atoms with E-state index in [4.69, 9.17) is 23.7 Å². The minimum absolute atomic E-state index is 0.0564. The summed E-state index contributed by atoms with van der Waals surface area (Å²) in [7, 11) is 3.03. The molecule has 0 fully saturated rings. The van der Waals surface area contributed by atoms with E-state index >= 15 is 0 Å². The number of aliphatic hydroxyl groups is 1. The Labute approximate surface area is 300 Å². The molecule has 2 aromatic carbocycles. The van der Waals surface area contributed by atoms with Crippen LogP contribution >= 0.6 is 0 Å². The van der Waals surface area contributed by atoms with E-state index in [0.717, 1.165) is 11.1 Å². The van der Waals surface area contributed by atoms with Crippen molar-refractivity contribution in [3.05, 3.63) is 63.2 Å². The zero-order valence-corrected chi connectivity index (χ0v) is 30.8. The van der Waals surface area contributed by atoms with Crippen LogP contribution in [0.4, 0.5) is 10.5 Å². The third kappa shape index (κ3) is 16.9. The van der Waals surface area contributed by atoms with Gasteiger partial charge in [0, 0.05) is 39.0 Å². The van der Waals surface area contributed by atoms with Gasteiger partial charge in [-0.2, -0.15) is 0 Å². The first-order chi connectivity index (χ1) is 24.1. The van der Waals surface area contributed by atoms with E-state index in [1.165, 1.54) is 31.1 Å². The number of benzene rings is 2. The number of hydrogen-bond donors (Lipinski definition) is 3. The minimum atomic E-state index is -1.08. The van der Waals surface area contributed by atoms with Crippen molar-refractivity contribution in [2.45, 2.75) is 78.0 Å². The average molecular weight is 719 g/mol. The van der Waals surface area contributed by atoms with Gasteiger partial charge in [0.05, 0.1) is 62.8 Å². The highest BCUT2D eigenvalue weighted by atomic mass is 16.6. The molecule has 15 nitrogen and oxygen atoms in total. The summed E-state index contributed by atoms with van der Waals surface area (Å²) in [5.41, 5.74) is 1.30. The van der Waals surface area contributed by atoms with E-state index in [1.54, 1.807) is 27.8 Å². The lowest BCUT2D eigenvalue weighted by Crippen LogP contribution is -2.41. The highest BCUT2D eigenvalue weighted by Gasteiger charge is 2.23. The van der Waals surface area contributed by atoms with Crippen LogP contribution in [0.2, 0.25) is 0 Å². The standard InChI is InChI=1S/C36H54N4O11/c1-25-10-12-27(13-11-25)21-28(22-34(43)37-14-17-48-19-20-49-18-15-39(6)35(44)51-36(3,4)5)38-33(42)9-8-16-50-32-24-30(40(45)46)29(26(2)41)23-31(32)47-7/h10-13,23-24,26,28,41H,8-9,14-22H2,1-7H3,(H,37,43)(H,38,42)/t26?,28-/m0/s1. The van der Waals surface area contributed by atoms with Crippen molar-refractivity contribution in [3.63, 3.8) is 0 Å². The fourth-order valence-corrected chi connectivity index (χ4v) is 4.74. The molecule has 2 atom stereocenters. The lowest BCUT2D eigenvalue weighted by atomic mass is 10.0. The number of aliphatic hydroxyl groups excluding tert-OH is 1. The van der Waals surface area contributed by atoms with Gasteiger partial charge in [0.1, 0.15) is 5.60 Å². The van der Waals surface area contributed by atoms with Gasteiger partial charge in [0.25, 0.3) is 5.69 Å². The minimum Gasteiger partial charge on any atom is -0.493 e. The molecule has 0 bridgehead atoms.